The topological polar surface area (TPSA) is 89.6 Å². The van der Waals surface area contributed by atoms with Crippen LogP contribution in [0.15, 0.2) is 43.0 Å². The average Bonchev–Trinajstić information content (AvgIpc) is 3.20. The highest BCUT2D eigenvalue weighted by Crippen LogP contribution is 2.22. The van der Waals surface area contributed by atoms with Crippen molar-refractivity contribution < 1.29 is 9.59 Å². The first-order valence-corrected chi connectivity index (χ1v) is 10.2. The number of aromatic nitrogens is 1. The lowest BCUT2D eigenvalue weighted by atomic mass is 10.1. The monoisotopic (exact) mass is 410 g/mol. The zero-order valence-electron chi connectivity index (χ0n) is 17.6. The molecule has 0 saturated carbocycles. The molecule has 1 saturated heterocycles. The molecule has 0 spiro atoms. The third-order valence-corrected chi connectivity index (χ3v) is 5.32. The number of hydrogen-bond donors (Lipinski definition) is 3. The lowest BCUT2D eigenvalue weighted by molar-refractivity contribution is 0.190. The second kappa shape index (κ2) is 10.1. The number of nitrogens with zero attached hydrogens (tertiary/aromatic N) is 3. The van der Waals surface area contributed by atoms with Gasteiger partial charge in [0.15, 0.2) is 0 Å². The van der Waals surface area contributed by atoms with E-state index in [1.807, 2.05) is 44.3 Å². The first kappa shape index (κ1) is 21.6. The molecule has 2 heterocycles. The van der Waals surface area contributed by atoms with E-state index in [9.17, 15) is 9.59 Å². The van der Waals surface area contributed by atoms with Gasteiger partial charge in [0.2, 0.25) is 0 Å². The van der Waals surface area contributed by atoms with Gasteiger partial charge in [0, 0.05) is 56.9 Å². The van der Waals surface area contributed by atoms with E-state index in [1.54, 1.807) is 11.0 Å². The summed E-state index contributed by atoms with van der Waals surface area (Å²) in [5.41, 5.74) is 2.47. The van der Waals surface area contributed by atoms with Crippen LogP contribution in [0.25, 0.3) is 10.9 Å². The van der Waals surface area contributed by atoms with Gasteiger partial charge in [0.05, 0.1) is 11.2 Å². The highest BCUT2D eigenvalue weighted by Gasteiger charge is 2.27. The molecule has 1 atom stereocenters. The summed E-state index contributed by atoms with van der Waals surface area (Å²) in [7, 11) is 1.82. The van der Waals surface area contributed by atoms with Crippen molar-refractivity contribution in [2.75, 3.05) is 45.1 Å². The summed E-state index contributed by atoms with van der Waals surface area (Å²) in [4.78, 5) is 32.9. The van der Waals surface area contributed by atoms with Crippen LogP contribution in [-0.4, -0.2) is 72.7 Å². The third-order valence-electron chi connectivity index (χ3n) is 5.32. The number of pyridine rings is 1. The maximum Gasteiger partial charge on any atom is 0.319 e. The number of nitrogens with one attached hydrogen (secondary N) is 3. The van der Waals surface area contributed by atoms with Gasteiger partial charge in [-0.15, -0.1) is 6.58 Å². The summed E-state index contributed by atoms with van der Waals surface area (Å²) in [6, 6.07) is 9.48. The molecule has 4 amide bonds. The Bertz CT molecular complexity index is 916. The molecule has 1 aliphatic heterocycles. The molecule has 1 aliphatic rings. The van der Waals surface area contributed by atoms with Crippen molar-refractivity contribution in [3.05, 3.63) is 48.7 Å². The third kappa shape index (κ3) is 5.48. The fourth-order valence-corrected chi connectivity index (χ4v) is 3.69. The van der Waals surface area contributed by atoms with Crippen molar-refractivity contribution in [3.8, 4) is 0 Å². The van der Waals surface area contributed by atoms with Gasteiger partial charge < -0.3 is 20.9 Å². The number of aryl methyl sites for hydroxylation is 1. The standard InChI is InChI=1S/C22H30N6O2/c1-4-10-24-22(30)27(3)17-9-12-28(15-17)13-11-23-21(29)26-20-14-16(2)25-19-8-6-5-7-18(19)20/h4-8,14,17H,1,9-13,15H2,2-3H3,(H,24,30)(H2,23,25,26,29). The quantitative estimate of drug-likeness (QED) is 0.612. The Hall–Kier alpha value is -3.13. The van der Waals surface area contributed by atoms with Gasteiger partial charge in [-0.05, 0) is 25.5 Å². The summed E-state index contributed by atoms with van der Waals surface area (Å²) < 4.78 is 0. The fraction of sp³-hybridized carbons (Fsp3) is 0.409. The number of para-hydroxylation sites is 1. The normalized spacial score (nSPS) is 16.3. The number of amides is 4. The molecular weight excluding hydrogens is 380 g/mol. The van der Waals surface area contributed by atoms with E-state index in [1.165, 1.54) is 0 Å². The molecule has 160 valence electrons. The van der Waals surface area contributed by atoms with Crippen LogP contribution in [0.1, 0.15) is 12.1 Å². The Morgan fingerprint density at radius 1 is 1.33 bits per heavy atom. The van der Waals surface area contributed by atoms with E-state index in [-0.39, 0.29) is 18.1 Å². The van der Waals surface area contributed by atoms with Crippen molar-refractivity contribution in [1.82, 2.24) is 25.4 Å². The first-order chi connectivity index (χ1) is 14.5. The van der Waals surface area contributed by atoms with Crippen molar-refractivity contribution in [2.24, 2.45) is 0 Å². The zero-order chi connectivity index (χ0) is 21.5. The van der Waals surface area contributed by atoms with Crippen LogP contribution in [0.5, 0.6) is 0 Å². The maximum atomic E-state index is 12.4. The largest absolute Gasteiger partial charge is 0.337 e. The second-order valence-electron chi connectivity index (χ2n) is 7.54. The Morgan fingerprint density at radius 2 is 2.13 bits per heavy atom. The highest BCUT2D eigenvalue weighted by molar-refractivity contribution is 6.00. The van der Waals surface area contributed by atoms with Crippen LogP contribution in [0, 0.1) is 6.92 Å². The number of hydrogen-bond acceptors (Lipinski definition) is 4. The number of benzene rings is 1. The molecule has 1 fully saturated rings. The number of carbonyl (C=O) groups is 2. The summed E-state index contributed by atoms with van der Waals surface area (Å²) in [5.74, 6) is 0. The molecule has 3 N–H and O–H groups in total. The summed E-state index contributed by atoms with van der Waals surface area (Å²) >= 11 is 0. The Kier molecular flexibility index (Phi) is 7.24. The predicted octanol–water partition coefficient (Wildman–Crippen LogP) is 2.57. The van der Waals surface area contributed by atoms with Gasteiger partial charge in [-0.1, -0.05) is 24.3 Å². The van der Waals surface area contributed by atoms with Gasteiger partial charge in [-0.3, -0.25) is 9.88 Å². The number of rotatable bonds is 7. The molecular formula is C22H30N6O2. The zero-order valence-corrected chi connectivity index (χ0v) is 17.6. The number of likely N-dealkylation sites (tertiary alicyclic amines) is 1. The second-order valence-corrected chi connectivity index (χ2v) is 7.54. The number of likely N-dealkylation sites (N-methyl/N-ethyl adjacent to an activating group) is 1. The number of carbonyl (C=O) groups excluding carboxylic acids is 2. The minimum atomic E-state index is -0.234. The molecule has 1 aromatic carbocycles. The van der Waals surface area contributed by atoms with E-state index >= 15 is 0 Å². The molecule has 1 unspecified atom stereocenters. The number of urea groups is 2. The Morgan fingerprint density at radius 3 is 2.93 bits per heavy atom. The molecule has 0 radical (unpaired) electrons. The van der Waals surface area contributed by atoms with E-state index in [2.05, 4.69) is 32.4 Å². The van der Waals surface area contributed by atoms with E-state index in [0.717, 1.165) is 48.3 Å². The van der Waals surface area contributed by atoms with Gasteiger partial charge in [-0.25, -0.2) is 9.59 Å². The predicted molar refractivity (Wildman–Crippen MR) is 120 cm³/mol. The fourth-order valence-electron chi connectivity index (χ4n) is 3.69. The van der Waals surface area contributed by atoms with Crippen LogP contribution in [0.4, 0.5) is 15.3 Å². The first-order valence-electron chi connectivity index (χ1n) is 10.2. The van der Waals surface area contributed by atoms with Crippen molar-refractivity contribution >= 4 is 28.7 Å². The molecule has 0 aliphatic carbocycles. The number of anilines is 1. The van der Waals surface area contributed by atoms with Crippen molar-refractivity contribution in [2.45, 2.75) is 19.4 Å². The van der Waals surface area contributed by atoms with Crippen LogP contribution in [0.3, 0.4) is 0 Å². The summed E-state index contributed by atoms with van der Waals surface area (Å²) in [6.07, 6.45) is 2.59. The van der Waals surface area contributed by atoms with E-state index < -0.39 is 0 Å². The SMILES string of the molecule is C=CCNC(=O)N(C)C1CCN(CCNC(=O)Nc2cc(C)nc3ccccc23)C1. The number of fused-ring (bicyclic) bond motifs is 1. The van der Waals surface area contributed by atoms with Gasteiger partial charge >= 0.3 is 12.1 Å². The molecule has 8 nitrogen and oxygen atoms in total. The molecule has 1 aromatic heterocycles. The van der Waals surface area contributed by atoms with Gasteiger partial charge in [-0.2, -0.15) is 0 Å². The van der Waals surface area contributed by atoms with E-state index in [4.69, 9.17) is 0 Å². The maximum absolute atomic E-state index is 12.4. The lowest BCUT2D eigenvalue weighted by Crippen LogP contribution is -2.45. The molecule has 3 rings (SSSR count). The smallest absolute Gasteiger partial charge is 0.319 e. The lowest BCUT2D eigenvalue weighted by Gasteiger charge is -2.25. The average molecular weight is 411 g/mol. The minimum Gasteiger partial charge on any atom is -0.337 e. The van der Waals surface area contributed by atoms with Crippen LogP contribution < -0.4 is 16.0 Å². The molecule has 0 bridgehead atoms. The Balaban J connectivity index is 1.45. The molecule has 8 heteroatoms. The van der Waals surface area contributed by atoms with Crippen LogP contribution in [0.2, 0.25) is 0 Å². The van der Waals surface area contributed by atoms with Gasteiger partial charge in [0.1, 0.15) is 0 Å². The summed E-state index contributed by atoms with van der Waals surface area (Å²) in [6.45, 7) is 8.96. The molecule has 2 aromatic rings. The van der Waals surface area contributed by atoms with Crippen molar-refractivity contribution in [1.29, 1.82) is 0 Å². The highest BCUT2D eigenvalue weighted by atomic mass is 16.2. The van der Waals surface area contributed by atoms with Gasteiger partial charge in [0.25, 0.3) is 0 Å². The van der Waals surface area contributed by atoms with Crippen LogP contribution >= 0.6 is 0 Å². The molecule has 30 heavy (non-hydrogen) atoms. The summed E-state index contributed by atoms with van der Waals surface area (Å²) in [5, 5.41) is 9.57. The van der Waals surface area contributed by atoms with Crippen LogP contribution in [-0.2, 0) is 0 Å². The minimum absolute atomic E-state index is 0.0841. The Labute approximate surface area is 177 Å². The van der Waals surface area contributed by atoms with E-state index in [0.29, 0.717) is 13.1 Å². The van der Waals surface area contributed by atoms with Crippen molar-refractivity contribution in [3.63, 3.8) is 0 Å².